The van der Waals surface area contributed by atoms with Gasteiger partial charge in [0.2, 0.25) is 11.7 Å². The van der Waals surface area contributed by atoms with Crippen molar-refractivity contribution in [1.29, 1.82) is 0 Å². The summed E-state index contributed by atoms with van der Waals surface area (Å²) >= 11 is 1.54. The standard InChI is InChI=1S/C21H17N3O3S/c1-26-15-10-8-14(9-11-15)13-19(25)22-17-6-3-2-5-16(17)21-23-20(24-27-21)18-7-4-12-28-18/h2-12H,13H2,1H3,(H,22,25). The number of hydrogen-bond acceptors (Lipinski definition) is 6. The Morgan fingerprint density at radius 3 is 2.68 bits per heavy atom. The second kappa shape index (κ2) is 8.06. The molecule has 0 unspecified atom stereocenters. The highest BCUT2D eigenvalue weighted by atomic mass is 32.1. The van der Waals surface area contributed by atoms with E-state index in [9.17, 15) is 4.79 Å². The molecule has 0 saturated heterocycles. The predicted molar refractivity (Wildman–Crippen MR) is 108 cm³/mol. The van der Waals surface area contributed by atoms with Gasteiger partial charge in [0.1, 0.15) is 5.75 Å². The van der Waals surface area contributed by atoms with Crippen LogP contribution in [0.3, 0.4) is 0 Å². The topological polar surface area (TPSA) is 77.2 Å². The molecule has 0 radical (unpaired) electrons. The number of nitrogens with one attached hydrogen (secondary N) is 1. The first-order valence-corrected chi connectivity index (χ1v) is 9.50. The van der Waals surface area contributed by atoms with E-state index in [0.717, 1.165) is 16.2 Å². The molecule has 0 atom stereocenters. The SMILES string of the molecule is COc1ccc(CC(=O)Nc2ccccc2-c2nc(-c3cccs3)no2)cc1. The number of aromatic nitrogens is 2. The van der Waals surface area contributed by atoms with Gasteiger partial charge < -0.3 is 14.6 Å². The smallest absolute Gasteiger partial charge is 0.260 e. The Morgan fingerprint density at radius 2 is 1.93 bits per heavy atom. The fourth-order valence-electron chi connectivity index (χ4n) is 2.74. The van der Waals surface area contributed by atoms with Crippen LogP contribution in [-0.2, 0) is 11.2 Å². The van der Waals surface area contributed by atoms with Crippen molar-refractivity contribution in [3.63, 3.8) is 0 Å². The van der Waals surface area contributed by atoms with Crippen LogP contribution in [0.25, 0.3) is 22.2 Å². The lowest BCUT2D eigenvalue weighted by Crippen LogP contribution is -2.15. The molecule has 0 saturated carbocycles. The first-order valence-electron chi connectivity index (χ1n) is 8.63. The van der Waals surface area contributed by atoms with Crippen LogP contribution in [0, 0.1) is 0 Å². The third-order valence-corrected chi connectivity index (χ3v) is 4.99. The molecule has 1 N–H and O–H groups in total. The molecule has 1 amide bonds. The number of thiophene rings is 1. The molecule has 6 nitrogen and oxygen atoms in total. The van der Waals surface area contributed by atoms with Gasteiger partial charge in [0, 0.05) is 0 Å². The van der Waals surface area contributed by atoms with Crippen LogP contribution in [0.5, 0.6) is 5.75 Å². The maximum absolute atomic E-state index is 12.5. The van der Waals surface area contributed by atoms with Crippen molar-refractivity contribution >= 4 is 22.9 Å². The van der Waals surface area contributed by atoms with E-state index in [2.05, 4.69) is 15.5 Å². The highest BCUT2D eigenvalue weighted by Gasteiger charge is 2.16. The summed E-state index contributed by atoms with van der Waals surface area (Å²) in [6.07, 6.45) is 0.253. The Morgan fingerprint density at radius 1 is 1.11 bits per heavy atom. The number of hydrogen-bond donors (Lipinski definition) is 1. The highest BCUT2D eigenvalue weighted by molar-refractivity contribution is 7.13. The molecule has 4 rings (SSSR count). The molecule has 140 valence electrons. The summed E-state index contributed by atoms with van der Waals surface area (Å²) in [6.45, 7) is 0. The van der Waals surface area contributed by atoms with E-state index in [1.165, 1.54) is 11.3 Å². The van der Waals surface area contributed by atoms with E-state index < -0.39 is 0 Å². The van der Waals surface area contributed by atoms with E-state index in [0.29, 0.717) is 23.0 Å². The molecule has 7 heteroatoms. The minimum atomic E-state index is -0.129. The highest BCUT2D eigenvalue weighted by Crippen LogP contribution is 2.29. The van der Waals surface area contributed by atoms with Crippen molar-refractivity contribution in [2.45, 2.75) is 6.42 Å². The van der Waals surface area contributed by atoms with Gasteiger partial charge >= 0.3 is 0 Å². The molecule has 0 aliphatic rings. The first-order chi connectivity index (χ1) is 13.7. The van der Waals surface area contributed by atoms with Gasteiger partial charge in [0.25, 0.3) is 5.89 Å². The monoisotopic (exact) mass is 391 g/mol. The lowest BCUT2D eigenvalue weighted by Gasteiger charge is -2.09. The van der Waals surface area contributed by atoms with Crippen molar-refractivity contribution in [1.82, 2.24) is 10.1 Å². The molecular formula is C21H17N3O3S. The van der Waals surface area contributed by atoms with E-state index in [1.807, 2.05) is 66.0 Å². The fourth-order valence-corrected chi connectivity index (χ4v) is 3.39. The first kappa shape index (κ1) is 17.9. The van der Waals surface area contributed by atoms with Gasteiger partial charge in [0.05, 0.1) is 29.7 Å². The Balaban J connectivity index is 1.52. The Labute approximate surface area is 165 Å². The van der Waals surface area contributed by atoms with Crippen LogP contribution in [0.1, 0.15) is 5.56 Å². The second-order valence-corrected chi connectivity index (χ2v) is 6.97. The summed E-state index contributed by atoms with van der Waals surface area (Å²) < 4.78 is 10.6. The molecule has 0 bridgehead atoms. The van der Waals surface area contributed by atoms with Crippen LogP contribution in [0.4, 0.5) is 5.69 Å². The van der Waals surface area contributed by atoms with E-state index >= 15 is 0 Å². The van der Waals surface area contributed by atoms with E-state index in [1.54, 1.807) is 7.11 Å². The summed E-state index contributed by atoms with van der Waals surface area (Å²) in [5, 5.41) is 8.93. The van der Waals surface area contributed by atoms with Gasteiger partial charge in [-0.15, -0.1) is 11.3 Å². The molecule has 0 aliphatic heterocycles. The minimum Gasteiger partial charge on any atom is -0.497 e. The Bertz CT molecular complexity index is 1070. The number of carbonyl (C=O) groups excluding carboxylic acids is 1. The number of para-hydroxylation sites is 1. The lowest BCUT2D eigenvalue weighted by atomic mass is 10.1. The second-order valence-electron chi connectivity index (χ2n) is 6.02. The number of nitrogens with zero attached hydrogens (tertiary/aromatic N) is 2. The zero-order valence-electron chi connectivity index (χ0n) is 15.1. The third kappa shape index (κ3) is 3.94. The molecule has 4 aromatic rings. The van der Waals surface area contributed by atoms with Gasteiger partial charge in [-0.3, -0.25) is 4.79 Å². The van der Waals surface area contributed by atoms with Crippen LogP contribution < -0.4 is 10.1 Å². The molecule has 0 fully saturated rings. The summed E-state index contributed by atoms with van der Waals surface area (Å²) in [5.74, 6) is 1.52. The fraction of sp³-hybridized carbons (Fsp3) is 0.0952. The molecule has 0 aliphatic carbocycles. The van der Waals surface area contributed by atoms with Gasteiger partial charge in [-0.2, -0.15) is 4.98 Å². The lowest BCUT2D eigenvalue weighted by molar-refractivity contribution is -0.115. The number of benzene rings is 2. The zero-order valence-corrected chi connectivity index (χ0v) is 15.9. The van der Waals surface area contributed by atoms with Crippen LogP contribution in [0.2, 0.25) is 0 Å². The molecule has 28 heavy (non-hydrogen) atoms. The summed E-state index contributed by atoms with van der Waals surface area (Å²) in [5.41, 5.74) is 2.21. The van der Waals surface area contributed by atoms with Crippen molar-refractivity contribution in [3.8, 4) is 27.9 Å². The van der Waals surface area contributed by atoms with E-state index in [4.69, 9.17) is 9.26 Å². The van der Waals surface area contributed by atoms with Crippen LogP contribution >= 0.6 is 11.3 Å². The Kier molecular flexibility index (Phi) is 5.16. The van der Waals surface area contributed by atoms with Crippen LogP contribution in [-0.4, -0.2) is 23.2 Å². The number of rotatable bonds is 6. The predicted octanol–water partition coefficient (Wildman–Crippen LogP) is 4.65. The maximum Gasteiger partial charge on any atom is 0.260 e. The molecule has 0 spiro atoms. The maximum atomic E-state index is 12.5. The molecule has 2 heterocycles. The van der Waals surface area contributed by atoms with Crippen molar-refractivity contribution in [3.05, 3.63) is 71.6 Å². The third-order valence-electron chi connectivity index (χ3n) is 4.12. The van der Waals surface area contributed by atoms with E-state index in [-0.39, 0.29) is 12.3 Å². The quantitative estimate of drug-likeness (QED) is 0.517. The number of methoxy groups -OCH3 is 1. The van der Waals surface area contributed by atoms with Crippen LogP contribution in [0.15, 0.2) is 70.6 Å². The van der Waals surface area contributed by atoms with Crippen molar-refractivity contribution in [2.75, 3.05) is 12.4 Å². The Hall–Kier alpha value is -3.45. The van der Waals surface area contributed by atoms with Gasteiger partial charge in [-0.1, -0.05) is 35.5 Å². The summed E-state index contributed by atoms with van der Waals surface area (Å²) in [7, 11) is 1.61. The molecular weight excluding hydrogens is 374 g/mol. The molecule has 2 aromatic carbocycles. The van der Waals surface area contributed by atoms with Gasteiger partial charge in [0.15, 0.2) is 0 Å². The van der Waals surface area contributed by atoms with Gasteiger partial charge in [-0.05, 0) is 41.3 Å². The average molecular weight is 391 g/mol. The van der Waals surface area contributed by atoms with Crippen molar-refractivity contribution in [2.24, 2.45) is 0 Å². The zero-order chi connectivity index (χ0) is 19.3. The normalized spacial score (nSPS) is 10.6. The number of carbonyl (C=O) groups is 1. The summed E-state index contributed by atoms with van der Waals surface area (Å²) in [4.78, 5) is 17.9. The van der Waals surface area contributed by atoms with Crippen molar-refractivity contribution < 1.29 is 14.1 Å². The average Bonchev–Trinajstić information content (AvgIpc) is 3.41. The minimum absolute atomic E-state index is 0.129. The van der Waals surface area contributed by atoms with Gasteiger partial charge in [-0.25, -0.2) is 0 Å². The summed E-state index contributed by atoms with van der Waals surface area (Å²) in [6, 6.07) is 18.6. The number of ether oxygens (including phenoxy) is 1. The largest absolute Gasteiger partial charge is 0.497 e. The molecule has 2 aromatic heterocycles. The number of anilines is 1. The number of amides is 1.